The summed E-state index contributed by atoms with van der Waals surface area (Å²) in [6.07, 6.45) is 0.198. The molecule has 1 atom stereocenters. The maximum Gasteiger partial charge on any atom is 0.443 e. The number of thiazole rings is 1. The number of piperidine rings is 1. The third-order valence-electron chi connectivity index (χ3n) is 7.19. The molecule has 2 aliphatic heterocycles. The van der Waals surface area contributed by atoms with Crippen molar-refractivity contribution in [1.82, 2.24) is 20.2 Å². The van der Waals surface area contributed by atoms with E-state index in [1.54, 1.807) is 13.0 Å². The van der Waals surface area contributed by atoms with Crippen molar-refractivity contribution >= 4 is 38.4 Å². The molecule has 5 rings (SSSR count). The first-order valence-electron chi connectivity index (χ1n) is 12.9. The summed E-state index contributed by atoms with van der Waals surface area (Å²) in [4.78, 5) is 25.2. The van der Waals surface area contributed by atoms with Gasteiger partial charge in [-0.15, -0.1) is 22.7 Å². The number of hydrogen-bond acceptors (Lipinski definition) is 9. The minimum absolute atomic E-state index is 0.00935. The molecule has 8 nitrogen and oxygen atoms in total. The lowest BCUT2D eigenvalue weighted by molar-refractivity contribution is -0.137. The Labute approximate surface area is 238 Å². The Morgan fingerprint density at radius 1 is 1.20 bits per heavy atom. The van der Waals surface area contributed by atoms with E-state index in [1.165, 1.54) is 29.8 Å². The number of halogens is 3. The molecule has 0 aromatic carbocycles. The molecule has 5 heterocycles. The second-order valence-corrected chi connectivity index (χ2v) is 14.5. The number of alkyl halides is 3. The first-order chi connectivity index (χ1) is 18.9. The molecule has 1 N–H and O–H groups in total. The number of carbonyl (C=O) groups excluding carboxylic acids is 1. The minimum Gasteiger partial charge on any atom is -0.366 e. The van der Waals surface area contributed by atoms with Gasteiger partial charge in [-0.25, -0.2) is 13.4 Å². The monoisotopic (exact) mass is 614 g/mol. The minimum atomic E-state index is -4.43. The Morgan fingerprint density at radius 2 is 1.95 bits per heavy atom. The number of ether oxygens (including phenoxy) is 1. The number of rotatable bonds is 7. The summed E-state index contributed by atoms with van der Waals surface area (Å²) in [5.41, 5.74) is 1.11. The zero-order valence-corrected chi connectivity index (χ0v) is 24.4. The summed E-state index contributed by atoms with van der Waals surface area (Å²) in [7, 11) is -3.34. The molecule has 0 unspecified atom stereocenters. The largest absolute Gasteiger partial charge is 0.443 e. The van der Waals surface area contributed by atoms with Crippen molar-refractivity contribution in [2.24, 2.45) is 0 Å². The van der Waals surface area contributed by atoms with Crippen LogP contribution in [0.4, 0.5) is 13.2 Å². The second-order valence-electron chi connectivity index (χ2n) is 10.1. The van der Waals surface area contributed by atoms with Crippen LogP contribution in [0.15, 0.2) is 35.5 Å². The molecule has 0 bridgehead atoms. The number of pyridine rings is 1. The number of carbonyl (C=O) groups is 1. The van der Waals surface area contributed by atoms with Gasteiger partial charge < -0.3 is 10.1 Å². The number of likely N-dealkylation sites (tertiary alicyclic amines) is 1. The third-order valence-corrected chi connectivity index (χ3v) is 11.3. The first-order valence-corrected chi connectivity index (χ1v) is 16.2. The van der Waals surface area contributed by atoms with Crippen molar-refractivity contribution in [3.8, 4) is 0 Å². The number of nitrogens with one attached hydrogen (secondary N) is 1. The molecule has 216 valence electrons. The van der Waals surface area contributed by atoms with Crippen LogP contribution >= 0.6 is 22.7 Å². The van der Waals surface area contributed by atoms with Crippen LogP contribution in [0, 0.1) is 0 Å². The van der Waals surface area contributed by atoms with Crippen molar-refractivity contribution in [3.63, 3.8) is 0 Å². The maximum absolute atomic E-state index is 13.0. The molecular formula is C26H29F3N4O4S3. The number of nitrogens with zero attached hydrogens (tertiary/aromatic N) is 3. The third kappa shape index (κ3) is 6.10. The molecule has 2 aliphatic rings. The molecule has 40 heavy (non-hydrogen) atoms. The zero-order valence-electron chi connectivity index (χ0n) is 22.0. The molecule has 3 aromatic heterocycles. The van der Waals surface area contributed by atoms with E-state index in [2.05, 4.69) is 20.2 Å². The summed E-state index contributed by atoms with van der Waals surface area (Å²) in [6, 6.07) is 5.01. The highest BCUT2D eigenvalue weighted by molar-refractivity contribution is 7.91. The molecular weight excluding hydrogens is 586 g/mol. The first kappa shape index (κ1) is 29.1. The van der Waals surface area contributed by atoms with Crippen molar-refractivity contribution in [1.29, 1.82) is 0 Å². The van der Waals surface area contributed by atoms with Crippen molar-refractivity contribution in [3.05, 3.63) is 61.5 Å². The fraction of sp³-hybridized carbons (Fsp3) is 0.500. The van der Waals surface area contributed by atoms with E-state index in [1.807, 2.05) is 13.0 Å². The van der Waals surface area contributed by atoms with Crippen molar-refractivity contribution in [2.45, 2.75) is 69.0 Å². The van der Waals surface area contributed by atoms with Crippen LogP contribution in [0.3, 0.4) is 0 Å². The number of hydrogen-bond donors (Lipinski definition) is 1. The van der Waals surface area contributed by atoms with Gasteiger partial charge in [0.2, 0.25) is 0 Å². The van der Waals surface area contributed by atoms with Gasteiger partial charge in [0.15, 0.2) is 14.8 Å². The van der Waals surface area contributed by atoms with Crippen molar-refractivity contribution < 1.29 is 31.1 Å². The van der Waals surface area contributed by atoms with Gasteiger partial charge in [-0.05, 0) is 49.9 Å². The van der Waals surface area contributed by atoms with E-state index < -0.39 is 26.6 Å². The molecule has 0 saturated carbocycles. The highest BCUT2D eigenvalue weighted by Crippen LogP contribution is 2.47. The maximum atomic E-state index is 13.0. The Bertz CT molecular complexity index is 1480. The van der Waals surface area contributed by atoms with Gasteiger partial charge in [0, 0.05) is 41.8 Å². The quantitative estimate of drug-likeness (QED) is 0.408. The molecule has 1 fully saturated rings. The Kier molecular flexibility index (Phi) is 8.09. The van der Waals surface area contributed by atoms with Gasteiger partial charge in [0.1, 0.15) is 5.60 Å². The van der Waals surface area contributed by atoms with Gasteiger partial charge >= 0.3 is 6.18 Å². The number of fused-ring (bicyclic) bond motifs is 2. The number of sulfone groups is 1. The van der Waals surface area contributed by atoms with E-state index in [4.69, 9.17) is 4.74 Å². The van der Waals surface area contributed by atoms with E-state index in [-0.39, 0.29) is 29.2 Å². The average Bonchev–Trinajstić information content (AvgIpc) is 3.57. The number of amides is 1. The molecule has 1 spiro atoms. The van der Waals surface area contributed by atoms with E-state index in [0.717, 1.165) is 10.4 Å². The fourth-order valence-corrected chi connectivity index (χ4v) is 8.08. The lowest BCUT2D eigenvalue weighted by atomic mass is 9.84. The van der Waals surface area contributed by atoms with Gasteiger partial charge in [-0.1, -0.05) is 6.92 Å². The Balaban J connectivity index is 1.23. The molecule has 1 amide bonds. The Morgan fingerprint density at radius 3 is 2.58 bits per heavy atom. The van der Waals surface area contributed by atoms with Gasteiger partial charge in [0.25, 0.3) is 5.91 Å². The number of thiophene rings is 1. The van der Waals surface area contributed by atoms with Gasteiger partial charge in [-0.3, -0.25) is 14.7 Å². The highest BCUT2D eigenvalue weighted by atomic mass is 32.2. The van der Waals surface area contributed by atoms with Crippen LogP contribution in [0.1, 0.15) is 62.4 Å². The highest BCUT2D eigenvalue weighted by Gasteiger charge is 2.45. The zero-order chi connectivity index (χ0) is 28.7. The summed E-state index contributed by atoms with van der Waals surface area (Å²) in [6.45, 7) is 5.46. The SMILES string of the molecule is CCS(=O)(=O)c1ccc(CNC(=O)c2cc3c(s2)C2(CCN(Cc4cnc(C(F)(F)F)s4)CC2)O[C@@H](C)C3)nc1. The summed E-state index contributed by atoms with van der Waals surface area (Å²) in [5.74, 6) is -0.248. The summed E-state index contributed by atoms with van der Waals surface area (Å²) in [5, 5.41) is 2.04. The topological polar surface area (TPSA) is 101 Å². The molecule has 1 saturated heterocycles. The van der Waals surface area contributed by atoms with Crippen molar-refractivity contribution in [2.75, 3.05) is 18.8 Å². The lowest BCUT2D eigenvalue weighted by Crippen LogP contribution is -2.47. The van der Waals surface area contributed by atoms with Gasteiger partial charge in [-0.2, -0.15) is 13.2 Å². The van der Waals surface area contributed by atoms with Crippen LogP contribution in [-0.2, 0) is 45.9 Å². The summed E-state index contributed by atoms with van der Waals surface area (Å²) >= 11 is 2.10. The standard InChI is InChI=1S/C26H29F3N4O4S3/c1-3-40(35,36)20-5-4-18(30-14-20)12-31-23(34)21-11-17-10-16(2)37-25(22(17)39-21)6-8-33(9-7-25)15-19-13-32-24(38-19)26(27,28)29/h4-5,11,13-14,16H,3,6-10,12,15H2,1-2H3,(H,31,34)/t16-/m0/s1. The lowest BCUT2D eigenvalue weighted by Gasteiger charge is -2.45. The molecule has 14 heteroatoms. The van der Waals surface area contributed by atoms with Crippen LogP contribution in [-0.4, -0.2) is 54.1 Å². The smallest absolute Gasteiger partial charge is 0.366 e. The molecule has 0 radical (unpaired) electrons. The number of aromatic nitrogens is 2. The average molecular weight is 615 g/mol. The predicted molar refractivity (Wildman–Crippen MR) is 145 cm³/mol. The van der Waals surface area contributed by atoms with Crippen LogP contribution < -0.4 is 5.32 Å². The summed E-state index contributed by atoms with van der Waals surface area (Å²) < 4.78 is 69.2. The normalized spacial score (nSPS) is 19.5. The van der Waals surface area contributed by atoms with E-state index in [0.29, 0.717) is 65.7 Å². The van der Waals surface area contributed by atoms with Gasteiger partial charge in [0.05, 0.1) is 33.9 Å². The van der Waals surface area contributed by atoms with Crippen LogP contribution in [0.25, 0.3) is 0 Å². The molecule has 0 aliphatic carbocycles. The Hall–Kier alpha value is -2.39. The van der Waals surface area contributed by atoms with E-state index >= 15 is 0 Å². The fourth-order valence-electron chi connectivity index (χ4n) is 5.14. The second kappa shape index (κ2) is 11.1. The van der Waals surface area contributed by atoms with Crippen LogP contribution in [0.5, 0.6) is 0 Å². The van der Waals surface area contributed by atoms with Crippen LogP contribution in [0.2, 0.25) is 0 Å². The predicted octanol–water partition coefficient (Wildman–Crippen LogP) is 4.79. The van der Waals surface area contributed by atoms with E-state index in [9.17, 15) is 26.4 Å². The molecule has 3 aromatic rings.